The fourth-order valence-corrected chi connectivity index (χ4v) is 2.67. The molecule has 1 aromatic heterocycles. The van der Waals surface area contributed by atoms with Crippen molar-refractivity contribution in [2.45, 2.75) is 6.54 Å². The molecule has 0 spiro atoms. The Bertz CT molecular complexity index is 955. The predicted molar refractivity (Wildman–Crippen MR) is 90.4 cm³/mol. The second-order valence-corrected chi connectivity index (χ2v) is 5.79. The number of aromatic nitrogens is 2. The number of non-ortho nitro benzene ring substituents is 1. The van der Waals surface area contributed by atoms with Crippen molar-refractivity contribution in [2.75, 3.05) is 0 Å². The normalized spacial score (nSPS) is 10.8. The number of hydrogen-bond donors (Lipinski definition) is 2. The first-order chi connectivity index (χ1) is 11.4. The van der Waals surface area contributed by atoms with Gasteiger partial charge in [-0.1, -0.05) is 23.2 Å². The smallest absolute Gasteiger partial charge is 0.271 e. The molecule has 0 saturated carbocycles. The van der Waals surface area contributed by atoms with E-state index in [1.54, 1.807) is 12.1 Å². The van der Waals surface area contributed by atoms with E-state index in [1.807, 2.05) is 0 Å². The van der Waals surface area contributed by atoms with Crippen molar-refractivity contribution in [1.82, 2.24) is 15.3 Å². The van der Waals surface area contributed by atoms with Crippen LogP contribution in [0.3, 0.4) is 0 Å². The lowest BCUT2D eigenvalue weighted by Gasteiger charge is -2.05. The molecule has 3 aromatic rings. The van der Waals surface area contributed by atoms with Gasteiger partial charge >= 0.3 is 0 Å². The molecule has 1 heterocycles. The lowest BCUT2D eigenvalue weighted by atomic mass is 10.2. The van der Waals surface area contributed by atoms with Gasteiger partial charge in [-0.2, -0.15) is 0 Å². The molecular weight excluding hydrogens is 355 g/mol. The molecule has 0 saturated heterocycles. The number of hydrogen-bond acceptors (Lipinski definition) is 4. The number of nitrogens with one attached hydrogen (secondary N) is 2. The number of amides is 1. The maximum atomic E-state index is 12.1. The second-order valence-electron chi connectivity index (χ2n) is 4.95. The van der Waals surface area contributed by atoms with Crippen molar-refractivity contribution in [2.24, 2.45) is 0 Å². The van der Waals surface area contributed by atoms with Crippen LogP contribution in [0.15, 0.2) is 36.4 Å². The zero-order valence-corrected chi connectivity index (χ0v) is 13.6. The third kappa shape index (κ3) is 3.32. The Balaban J connectivity index is 1.75. The minimum Gasteiger partial charge on any atom is -0.345 e. The molecule has 122 valence electrons. The first-order valence-electron chi connectivity index (χ1n) is 6.80. The molecule has 0 aliphatic heterocycles. The summed E-state index contributed by atoms with van der Waals surface area (Å²) in [5.41, 5.74) is 1.37. The van der Waals surface area contributed by atoms with Gasteiger partial charge in [-0.25, -0.2) is 4.98 Å². The van der Waals surface area contributed by atoms with Gasteiger partial charge in [0, 0.05) is 17.2 Å². The zero-order chi connectivity index (χ0) is 17.3. The van der Waals surface area contributed by atoms with Crippen LogP contribution in [0.4, 0.5) is 5.69 Å². The standard InChI is InChI=1S/C15H10Cl2N4O3/c16-8-1-3-10(11(17)5-8)15(22)18-7-14-19-12-4-2-9(21(23)24)6-13(12)20-14/h1-6H,7H2,(H,18,22)(H,19,20). The molecule has 0 radical (unpaired) electrons. The van der Waals surface area contributed by atoms with Crippen molar-refractivity contribution in [1.29, 1.82) is 0 Å². The third-order valence-corrected chi connectivity index (χ3v) is 3.87. The van der Waals surface area contributed by atoms with E-state index in [2.05, 4.69) is 15.3 Å². The van der Waals surface area contributed by atoms with Gasteiger partial charge in [-0.3, -0.25) is 14.9 Å². The lowest BCUT2D eigenvalue weighted by Crippen LogP contribution is -2.23. The van der Waals surface area contributed by atoms with Gasteiger partial charge in [0.2, 0.25) is 0 Å². The molecule has 9 heteroatoms. The summed E-state index contributed by atoms with van der Waals surface area (Å²) in [6.07, 6.45) is 0. The molecule has 0 atom stereocenters. The highest BCUT2D eigenvalue weighted by Crippen LogP contribution is 2.21. The average Bonchev–Trinajstić information content (AvgIpc) is 2.94. The van der Waals surface area contributed by atoms with E-state index >= 15 is 0 Å². The summed E-state index contributed by atoms with van der Waals surface area (Å²) in [7, 11) is 0. The zero-order valence-electron chi connectivity index (χ0n) is 12.0. The molecule has 0 aliphatic rings. The van der Waals surface area contributed by atoms with Gasteiger partial charge in [0.05, 0.1) is 33.1 Å². The van der Waals surface area contributed by atoms with E-state index < -0.39 is 4.92 Å². The van der Waals surface area contributed by atoms with Crippen LogP contribution in [0.2, 0.25) is 10.0 Å². The molecule has 2 aromatic carbocycles. The second kappa shape index (κ2) is 6.46. The number of imidazole rings is 1. The fraction of sp³-hybridized carbons (Fsp3) is 0.0667. The number of halogens is 2. The number of carbonyl (C=O) groups excluding carboxylic acids is 1. The Morgan fingerprint density at radius 1 is 1.25 bits per heavy atom. The van der Waals surface area contributed by atoms with E-state index in [0.29, 0.717) is 27.4 Å². The molecule has 0 aliphatic carbocycles. The Kier molecular flexibility index (Phi) is 4.37. The van der Waals surface area contributed by atoms with E-state index in [9.17, 15) is 14.9 Å². The van der Waals surface area contributed by atoms with Crippen LogP contribution in [0.25, 0.3) is 11.0 Å². The third-order valence-electron chi connectivity index (χ3n) is 3.32. The van der Waals surface area contributed by atoms with Crippen molar-refractivity contribution < 1.29 is 9.72 Å². The molecule has 1 amide bonds. The summed E-state index contributed by atoms with van der Waals surface area (Å²) >= 11 is 11.8. The fourth-order valence-electron chi connectivity index (χ4n) is 2.18. The minimum atomic E-state index is -0.482. The number of nitrogens with zero attached hydrogens (tertiary/aromatic N) is 2. The summed E-state index contributed by atoms with van der Waals surface area (Å²) in [6, 6.07) is 8.90. The molecule has 2 N–H and O–H groups in total. The predicted octanol–water partition coefficient (Wildman–Crippen LogP) is 3.71. The molecule has 3 rings (SSSR count). The largest absolute Gasteiger partial charge is 0.345 e. The van der Waals surface area contributed by atoms with Gasteiger partial charge in [-0.15, -0.1) is 0 Å². The van der Waals surface area contributed by atoms with Crippen molar-refractivity contribution in [3.8, 4) is 0 Å². The molecular formula is C15H10Cl2N4O3. The maximum absolute atomic E-state index is 12.1. The highest BCUT2D eigenvalue weighted by atomic mass is 35.5. The van der Waals surface area contributed by atoms with E-state index in [1.165, 1.54) is 24.3 Å². The first kappa shape index (κ1) is 16.2. The van der Waals surface area contributed by atoms with Crippen LogP contribution >= 0.6 is 23.2 Å². The van der Waals surface area contributed by atoms with Crippen molar-refractivity contribution >= 4 is 45.8 Å². The van der Waals surface area contributed by atoms with E-state index in [4.69, 9.17) is 23.2 Å². The van der Waals surface area contributed by atoms with Crippen LogP contribution in [0.1, 0.15) is 16.2 Å². The number of nitro benzene ring substituents is 1. The number of rotatable bonds is 4. The molecule has 0 fully saturated rings. The quantitative estimate of drug-likeness (QED) is 0.544. The van der Waals surface area contributed by atoms with E-state index in [0.717, 1.165) is 0 Å². The number of benzene rings is 2. The topological polar surface area (TPSA) is 101 Å². The molecule has 24 heavy (non-hydrogen) atoms. The highest BCUT2D eigenvalue weighted by molar-refractivity contribution is 6.36. The van der Waals surface area contributed by atoms with Crippen LogP contribution in [-0.2, 0) is 6.54 Å². The van der Waals surface area contributed by atoms with Crippen LogP contribution in [0, 0.1) is 10.1 Å². The summed E-state index contributed by atoms with van der Waals surface area (Å²) in [5.74, 6) is 0.104. The first-order valence-corrected chi connectivity index (χ1v) is 7.56. The summed E-state index contributed by atoms with van der Waals surface area (Å²) in [6.45, 7) is 0.125. The van der Waals surface area contributed by atoms with E-state index in [-0.39, 0.29) is 23.2 Å². The van der Waals surface area contributed by atoms with Gasteiger partial charge in [0.15, 0.2) is 0 Å². The number of nitro groups is 1. The summed E-state index contributed by atoms with van der Waals surface area (Å²) in [4.78, 5) is 29.6. The van der Waals surface area contributed by atoms with Gasteiger partial charge in [0.25, 0.3) is 11.6 Å². The van der Waals surface area contributed by atoms with Crippen LogP contribution < -0.4 is 5.32 Å². The lowest BCUT2D eigenvalue weighted by molar-refractivity contribution is -0.384. The van der Waals surface area contributed by atoms with Gasteiger partial charge in [0.1, 0.15) is 5.82 Å². The maximum Gasteiger partial charge on any atom is 0.271 e. The Hall–Kier alpha value is -2.64. The highest BCUT2D eigenvalue weighted by Gasteiger charge is 2.13. The number of fused-ring (bicyclic) bond motifs is 1. The summed E-state index contributed by atoms with van der Waals surface area (Å²) in [5, 5.41) is 14.1. The Morgan fingerprint density at radius 2 is 2.04 bits per heavy atom. The average molecular weight is 365 g/mol. The Morgan fingerprint density at radius 3 is 2.75 bits per heavy atom. The number of carbonyl (C=O) groups is 1. The molecule has 7 nitrogen and oxygen atoms in total. The molecule has 0 bridgehead atoms. The molecule has 0 unspecified atom stereocenters. The number of H-pyrrole nitrogens is 1. The monoisotopic (exact) mass is 364 g/mol. The van der Waals surface area contributed by atoms with Gasteiger partial charge < -0.3 is 10.3 Å². The van der Waals surface area contributed by atoms with Crippen LogP contribution in [-0.4, -0.2) is 20.8 Å². The minimum absolute atomic E-state index is 0.0327. The SMILES string of the molecule is O=C(NCc1nc2ccc([N+](=O)[O-])cc2[nH]1)c1ccc(Cl)cc1Cl. The van der Waals surface area contributed by atoms with Gasteiger partial charge in [-0.05, 0) is 24.3 Å². The van der Waals surface area contributed by atoms with Crippen molar-refractivity contribution in [3.05, 3.63) is 67.9 Å². The van der Waals surface area contributed by atoms with Crippen molar-refractivity contribution in [3.63, 3.8) is 0 Å². The Labute approximate surface area is 145 Å². The summed E-state index contributed by atoms with van der Waals surface area (Å²) < 4.78 is 0. The number of aromatic amines is 1. The van der Waals surface area contributed by atoms with Crippen LogP contribution in [0.5, 0.6) is 0 Å².